The van der Waals surface area contributed by atoms with Gasteiger partial charge in [-0.3, -0.25) is 9.59 Å². The van der Waals surface area contributed by atoms with E-state index in [-0.39, 0.29) is 17.8 Å². The highest BCUT2D eigenvalue weighted by Crippen LogP contribution is 2.41. The molecule has 0 N–H and O–H groups in total. The average molecular weight is 344 g/mol. The Labute approximate surface area is 145 Å². The largest absolute Gasteiger partial charge is 0.515 e. The highest BCUT2D eigenvalue weighted by molar-refractivity contribution is 5.81. The van der Waals surface area contributed by atoms with E-state index in [0.717, 1.165) is 13.5 Å². The first-order valence-corrected chi connectivity index (χ1v) is 8.26. The number of rotatable bonds is 2. The Hall–Kier alpha value is -1.85. The number of methoxy groups -OCH3 is 2. The number of ether oxygens (including phenoxy) is 3. The van der Waals surface area contributed by atoms with Crippen molar-refractivity contribution in [2.75, 3.05) is 14.2 Å². The molecule has 0 fully saturated rings. The van der Waals surface area contributed by atoms with Crippen LogP contribution in [0.25, 0.3) is 0 Å². The molecule has 140 valence electrons. The van der Waals surface area contributed by atoms with Crippen LogP contribution in [0.2, 0.25) is 0 Å². The number of allylic oxidation sites excluding steroid dienone is 2. The number of carbonyl (C=O) groups is 3. The van der Waals surface area contributed by atoms with Crippen LogP contribution in [-0.4, -0.2) is 32.3 Å². The molecule has 0 aromatic rings. The SMILES string of the molecule is CC.CCC(=O)OC(=O)OC.COC(=O)[C@@]1(C)CC=C[C@@H](C)[C@@H]1C. The van der Waals surface area contributed by atoms with E-state index in [4.69, 9.17) is 4.74 Å². The van der Waals surface area contributed by atoms with Crippen LogP contribution in [0, 0.1) is 17.3 Å². The van der Waals surface area contributed by atoms with Crippen LogP contribution in [0.15, 0.2) is 12.2 Å². The lowest BCUT2D eigenvalue weighted by Crippen LogP contribution is -2.39. The second-order valence-electron chi connectivity index (χ2n) is 5.47. The summed E-state index contributed by atoms with van der Waals surface area (Å²) in [6, 6.07) is 0. The maximum absolute atomic E-state index is 11.6. The molecule has 0 spiro atoms. The van der Waals surface area contributed by atoms with Gasteiger partial charge >= 0.3 is 18.1 Å². The highest BCUT2D eigenvalue weighted by Gasteiger charge is 2.42. The van der Waals surface area contributed by atoms with Gasteiger partial charge in [0.25, 0.3) is 0 Å². The Morgan fingerprint density at radius 3 is 2.08 bits per heavy atom. The molecule has 0 aromatic carbocycles. The van der Waals surface area contributed by atoms with Crippen molar-refractivity contribution in [3.8, 4) is 0 Å². The summed E-state index contributed by atoms with van der Waals surface area (Å²) in [5, 5.41) is 0. The predicted octanol–water partition coefficient (Wildman–Crippen LogP) is 4.13. The normalized spacial score (nSPS) is 24.3. The van der Waals surface area contributed by atoms with Gasteiger partial charge in [-0.05, 0) is 25.2 Å². The standard InChI is InChI=1S/C11H18O2.C5H8O4.C2H6/c1-8-6-5-7-11(3,9(8)2)10(12)13-4;1-3-4(6)9-5(7)8-2;1-2/h5-6,8-9H,7H2,1-4H3;3H2,1-2H3;1-2H3/t8-,9+,11+;;/m1../s1. The van der Waals surface area contributed by atoms with E-state index in [1.54, 1.807) is 6.92 Å². The van der Waals surface area contributed by atoms with Gasteiger partial charge in [-0.25, -0.2) is 4.79 Å². The summed E-state index contributed by atoms with van der Waals surface area (Å²) in [4.78, 5) is 32.0. The molecule has 0 radical (unpaired) electrons. The van der Waals surface area contributed by atoms with Gasteiger partial charge in [0.2, 0.25) is 0 Å². The minimum absolute atomic E-state index is 0.0869. The van der Waals surface area contributed by atoms with Gasteiger partial charge < -0.3 is 14.2 Å². The molecule has 0 saturated carbocycles. The average Bonchev–Trinajstić information content (AvgIpc) is 2.60. The van der Waals surface area contributed by atoms with E-state index in [1.807, 2.05) is 20.8 Å². The summed E-state index contributed by atoms with van der Waals surface area (Å²) in [6.07, 6.45) is 4.28. The van der Waals surface area contributed by atoms with E-state index in [1.165, 1.54) is 7.11 Å². The lowest BCUT2D eigenvalue weighted by Gasteiger charge is -2.37. The molecule has 1 aliphatic rings. The van der Waals surface area contributed by atoms with E-state index in [2.05, 4.69) is 35.5 Å². The second-order valence-corrected chi connectivity index (χ2v) is 5.47. The fourth-order valence-electron chi connectivity index (χ4n) is 2.17. The smallest absolute Gasteiger partial charge is 0.469 e. The molecule has 0 aromatic heterocycles. The van der Waals surface area contributed by atoms with Gasteiger partial charge in [-0.2, -0.15) is 0 Å². The Kier molecular flexibility index (Phi) is 12.8. The molecule has 0 amide bonds. The second kappa shape index (κ2) is 12.6. The van der Waals surface area contributed by atoms with Crippen LogP contribution < -0.4 is 0 Å². The molecule has 1 aliphatic carbocycles. The maximum atomic E-state index is 11.6. The molecule has 0 bridgehead atoms. The highest BCUT2D eigenvalue weighted by atomic mass is 16.7. The van der Waals surface area contributed by atoms with Crippen molar-refractivity contribution in [2.24, 2.45) is 17.3 Å². The first-order valence-electron chi connectivity index (χ1n) is 8.26. The van der Waals surface area contributed by atoms with Crippen LogP contribution in [0.4, 0.5) is 4.79 Å². The minimum Gasteiger partial charge on any atom is -0.469 e. The number of hydrogen-bond donors (Lipinski definition) is 0. The van der Waals surface area contributed by atoms with Crippen molar-refractivity contribution in [1.82, 2.24) is 0 Å². The lowest BCUT2D eigenvalue weighted by molar-refractivity contribution is -0.156. The molecular weight excluding hydrogens is 312 g/mol. The maximum Gasteiger partial charge on any atom is 0.515 e. The quantitative estimate of drug-likeness (QED) is 0.426. The monoisotopic (exact) mass is 344 g/mol. The summed E-state index contributed by atoms with van der Waals surface area (Å²) >= 11 is 0. The van der Waals surface area contributed by atoms with Crippen LogP contribution in [0.1, 0.15) is 54.4 Å². The van der Waals surface area contributed by atoms with Crippen LogP contribution in [0.3, 0.4) is 0 Å². The molecule has 0 unspecified atom stereocenters. The Morgan fingerprint density at radius 2 is 1.67 bits per heavy atom. The lowest BCUT2D eigenvalue weighted by atomic mass is 9.67. The van der Waals surface area contributed by atoms with Gasteiger partial charge in [0, 0.05) is 6.42 Å². The Balaban J connectivity index is 0. The Bertz CT molecular complexity index is 415. The molecule has 0 saturated heterocycles. The number of carbonyl (C=O) groups excluding carboxylic acids is 3. The summed E-state index contributed by atoms with van der Waals surface area (Å²) in [6.45, 7) is 11.8. The molecule has 24 heavy (non-hydrogen) atoms. The first kappa shape index (κ1) is 24.4. The molecule has 3 atom stereocenters. The van der Waals surface area contributed by atoms with E-state index >= 15 is 0 Å². The van der Waals surface area contributed by atoms with Gasteiger partial charge in [0.1, 0.15) is 0 Å². The van der Waals surface area contributed by atoms with Crippen LogP contribution in [0.5, 0.6) is 0 Å². The van der Waals surface area contributed by atoms with Crippen molar-refractivity contribution in [3.05, 3.63) is 12.2 Å². The predicted molar refractivity (Wildman–Crippen MR) is 92.3 cm³/mol. The Morgan fingerprint density at radius 1 is 1.12 bits per heavy atom. The third kappa shape index (κ3) is 7.62. The third-order valence-corrected chi connectivity index (χ3v) is 4.08. The molecule has 0 aliphatic heterocycles. The zero-order valence-corrected chi connectivity index (χ0v) is 16.2. The molecule has 6 heteroatoms. The first-order chi connectivity index (χ1) is 11.2. The van der Waals surface area contributed by atoms with Gasteiger partial charge in [-0.1, -0.05) is 46.8 Å². The van der Waals surface area contributed by atoms with Gasteiger partial charge in [0.05, 0.1) is 19.6 Å². The minimum atomic E-state index is -0.957. The molecule has 0 heterocycles. The number of hydrogen-bond acceptors (Lipinski definition) is 6. The summed E-state index contributed by atoms with van der Waals surface area (Å²) in [5.74, 6) is 0.140. The van der Waals surface area contributed by atoms with Gasteiger partial charge in [0.15, 0.2) is 0 Å². The van der Waals surface area contributed by atoms with Crippen LogP contribution >= 0.6 is 0 Å². The van der Waals surface area contributed by atoms with E-state index in [9.17, 15) is 14.4 Å². The summed E-state index contributed by atoms with van der Waals surface area (Å²) in [7, 11) is 2.61. The zero-order valence-electron chi connectivity index (χ0n) is 16.2. The fourth-order valence-corrected chi connectivity index (χ4v) is 2.17. The van der Waals surface area contributed by atoms with Gasteiger partial charge in [-0.15, -0.1) is 0 Å². The summed E-state index contributed by atoms with van der Waals surface area (Å²) < 4.78 is 12.9. The van der Waals surface area contributed by atoms with Crippen molar-refractivity contribution >= 4 is 18.1 Å². The fraction of sp³-hybridized carbons (Fsp3) is 0.722. The van der Waals surface area contributed by atoms with Crippen molar-refractivity contribution in [3.63, 3.8) is 0 Å². The zero-order chi connectivity index (χ0) is 19.3. The third-order valence-electron chi connectivity index (χ3n) is 4.08. The van der Waals surface area contributed by atoms with Crippen LogP contribution in [-0.2, 0) is 23.8 Å². The van der Waals surface area contributed by atoms with E-state index < -0.39 is 12.1 Å². The topological polar surface area (TPSA) is 78.9 Å². The molecule has 1 rings (SSSR count). The van der Waals surface area contributed by atoms with Crippen molar-refractivity contribution in [1.29, 1.82) is 0 Å². The summed E-state index contributed by atoms with van der Waals surface area (Å²) in [5.41, 5.74) is -0.330. The van der Waals surface area contributed by atoms with E-state index in [0.29, 0.717) is 11.8 Å². The number of esters is 2. The van der Waals surface area contributed by atoms with Crippen molar-refractivity contribution in [2.45, 2.75) is 54.4 Å². The molecule has 6 nitrogen and oxygen atoms in total. The van der Waals surface area contributed by atoms with Crippen molar-refractivity contribution < 1.29 is 28.6 Å². The molecular formula is C18H32O6.